The van der Waals surface area contributed by atoms with E-state index in [-0.39, 0.29) is 24.0 Å². The van der Waals surface area contributed by atoms with Gasteiger partial charge in [-0.2, -0.15) is 0 Å². The van der Waals surface area contributed by atoms with E-state index in [2.05, 4.69) is 12.2 Å². The summed E-state index contributed by atoms with van der Waals surface area (Å²) in [6.07, 6.45) is 4.63. The minimum Gasteiger partial charge on any atom is -0.377 e. The van der Waals surface area contributed by atoms with Crippen molar-refractivity contribution in [1.82, 2.24) is 5.32 Å². The van der Waals surface area contributed by atoms with Crippen molar-refractivity contribution in [3.05, 3.63) is 0 Å². The third-order valence-electron chi connectivity index (χ3n) is 3.84. The van der Waals surface area contributed by atoms with Gasteiger partial charge in [-0.25, -0.2) is 0 Å². The number of amides is 1. The smallest absolute Gasteiger partial charge is 0.226 e. The summed E-state index contributed by atoms with van der Waals surface area (Å²) < 4.78 is 5.53. The lowest BCUT2D eigenvalue weighted by molar-refractivity contribution is -0.129. The fourth-order valence-electron chi connectivity index (χ4n) is 2.74. The van der Waals surface area contributed by atoms with Gasteiger partial charge in [0.15, 0.2) is 0 Å². The molecule has 1 saturated carbocycles. The number of hydrogen-bond donors (Lipinski definition) is 1. The summed E-state index contributed by atoms with van der Waals surface area (Å²) in [6, 6.07) is 0.193. The van der Waals surface area contributed by atoms with Crippen LogP contribution in [0.25, 0.3) is 0 Å². The Labute approximate surface area is 102 Å². The van der Waals surface area contributed by atoms with Crippen LogP contribution >= 0.6 is 0 Å². The molecule has 0 aromatic carbocycles. The number of carbonyl (C=O) groups excluding carboxylic acids is 2. The molecule has 4 heteroatoms. The monoisotopic (exact) mass is 239 g/mol. The van der Waals surface area contributed by atoms with Gasteiger partial charge in [0.05, 0.1) is 12.0 Å². The number of carbonyl (C=O) groups is 2. The first-order valence-corrected chi connectivity index (χ1v) is 6.64. The van der Waals surface area contributed by atoms with Gasteiger partial charge in [0.2, 0.25) is 5.91 Å². The van der Waals surface area contributed by atoms with Gasteiger partial charge in [-0.05, 0) is 25.7 Å². The lowest BCUT2D eigenvalue weighted by Crippen LogP contribution is -2.43. The molecular formula is C13H21NO3. The second kappa shape index (κ2) is 5.63. The molecule has 1 aliphatic heterocycles. The Kier molecular flexibility index (Phi) is 4.15. The first-order valence-electron chi connectivity index (χ1n) is 6.64. The SMILES string of the molecule is CCC1OCCC1C(=O)NC1CCC(=O)CC1. The van der Waals surface area contributed by atoms with E-state index in [9.17, 15) is 9.59 Å². The molecular weight excluding hydrogens is 218 g/mol. The number of ether oxygens (including phenoxy) is 1. The topological polar surface area (TPSA) is 55.4 Å². The predicted molar refractivity (Wildman–Crippen MR) is 63.5 cm³/mol. The first kappa shape index (κ1) is 12.6. The van der Waals surface area contributed by atoms with Crippen LogP contribution in [-0.2, 0) is 14.3 Å². The lowest BCUT2D eigenvalue weighted by atomic mass is 9.92. The van der Waals surface area contributed by atoms with E-state index in [0.717, 1.165) is 25.7 Å². The summed E-state index contributed by atoms with van der Waals surface area (Å²) in [4.78, 5) is 23.2. The quantitative estimate of drug-likeness (QED) is 0.810. The predicted octanol–water partition coefficient (Wildman–Crippen LogP) is 1.43. The molecule has 0 aromatic rings. The van der Waals surface area contributed by atoms with Crippen molar-refractivity contribution in [2.45, 2.75) is 57.6 Å². The van der Waals surface area contributed by atoms with Crippen molar-refractivity contribution >= 4 is 11.7 Å². The fourth-order valence-corrected chi connectivity index (χ4v) is 2.74. The van der Waals surface area contributed by atoms with Crippen molar-refractivity contribution in [2.24, 2.45) is 5.92 Å². The number of hydrogen-bond acceptors (Lipinski definition) is 3. The van der Waals surface area contributed by atoms with Crippen LogP contribution in [0.1, 0.15) is 45.4 Å². The molecule has 2 atom stereocenters. The lowest BCUT2D eigenvalue weighted by Gasteiger charge is -2.25. The minimum absolute atomic E-state index is 0.0117. The summed E-state index contributed by atoms with van der Waals surface area (Å²) in [5.74, 6) is 0.456. The van der Waals surface area contributed by atoms with Crippen molar-refractivity contribution in [2.75, 3.05) is 6.61 Å². The highest BCUT2D eigenvalue weighted by Crippen LogP contribution is 2.24. The molecule has 0 radical (unpaired) electrons. The third kappa shape index (κ3) is 3.06. The largest absolute Gasteiger partial charge is 0.377 e. The summed E-state index contributed by atoms with van der Waals surface area (Å²) in [7, 11) is 0. The second-order valence-electron chi connectivity index (χ2n) is 5.03. The maximum atomic E-state index is 12.1. The van der Waals surface area contributed by atoms with Crippen LogP contribution < -0.4 is 5.32 Å². The van der Waals surface area contributed by atoms with Crippen LogP contribution in [-0.4, -0.2) is 30.4 Å². The van der Waals surface area contributed by atoms with Crippen molar-refractivity contribution in [1.29, 1.82) is 0 Å². The van der Waals surface area contributed by atoms with E-state index in [1.165, 1.54) is 0 Å². The van der Waals surface area contributed by atoms with E-state index in [4.69, 9.17) is 4.74 Å². The molecule has 1 heterocycles. The van der Waals surface area contributed by atoms with Gasteiger partial charge in [0.1, 0.15) is 5.78 Å². The van der Waals surface area contributed by atoms with E-state index >= 15 is 0 Å². The fraction of sp³-hybridized carbons (Fsp3) is 0.846. The zero-order valence-corrected chi connectivity index (χ0v) is 10.4. The van der Waals surface area contributed by atoms with Crippen LogP contribution in [0.3, 0.4) is 0 Å². The van der Waals surface area contributed by atoms with Crippen LogP contribution in [0.4, 0.5) is 0 Å². The first-order chi connectivity index (χ1) is 8.20. The highest BCUT2D eigenvalue weighted by atomic mass is 16.5. The zero-order chi connectivity index (χ0) is 12.3. The zero-order valence-electron chi connectivity index (χ0n) is 10.4. The average Bonchev–Trinajstić information content (AvgIpc) is 2.80. The third-order valence-corrected chi connectivity index (χ3v) is 3.84. The molecule has 2 fully saturated rings. The Hall–Kier alpha value is -0.900. The second-order valence-corrected chi connectivity index (χ2v) is 5.03. The molecule has 4 nitrogen and oxygen atoms in total. The van der Waals surface area contributed by atoms with Gasteiger partial charge in [0, 0.05) is 25.5 Å². The van der Waals surface area contributed by atoms with Crippen LogP contribution in [0.2, 0.25) is 0 Å². The minimum atomic E-state index is 0.0117. The number of Topliss-reactive ketones (excluding diaryl/α,β-unsaturated/α-hetero) is 1. The van der Waals surface area contributed by atoms with Crippen molar-refractivity contribution in [3.63, 3.8) is 0 Å². The number of nitrogens with one attached hydrogen (secondary N) is 1. The Bertz CT molecular complexity index is 293. The van der Waals surface area contributed by atoms with Crippen LogP contribution in [0.15, 0.2) is 0 Å². The van der Waals surface area contributed by atoms with Crippen LogP contribution in [0.5, 0.6) is 0 Å². The van der Waals surface area contributed by atoms with E-state index in [1.807, 2.05) is 0 Å². The molecule has 1 aliphatic carbocycles. The maximum absolute atomic E-state index is 12.1. The molecule has 96 valence electrons. The summed E-state index contributed by atoms with van der Waals surface area (Å²) in [5, 5.41) is 3.07. The van der Waals surface area contributed by atoms with Gasteiger partial charge in [-0.3, -0.25) is 9.59 Å². The van der Waals surface area contributed by atoms with Gasteiger partial charge in [-0.15, -0.1) is 0 Å². The molecule has 0 bridgehead atoms. The van der Waals surface area contributed by atoms with Crippen molar-refractivity contribution in [3.8, 4) is 0 Å². The Morgan fingerprint density at radius 3 is 2.71 bits per heavy atom. The van der Waals surface area contributed by atoms with Crippen molar-refractivity contribution < 1.29 is 14.3 Å². The molecule has 1 saturated heterocycles. The Morgan fingerprint density at radius 2 is 2.06 bits per heavy atom. The molecule has 17 heavy (non-hydrogen) atoms. The van der Waals surface area contributed by atoms with E-state index < -0.39 is 0 Å². The molecule has 2 aliphatic rings. The van der Waals surface area contributed by atoms with Crippen LogP contribution in [0, 0.1) is 5.92 Å². The Morgan fingerprint density at radius 1 is 1.35 bits per heavy atom. The summed E-state index contributed by atoms with van der Waals surface area (Å²) in [5.41, 5.74) is 0. The van der Waals surface area contributed by atoms with E-state index in [1.54, 1.807) is 0 Å². The average molecular weight is 239 g/mol. The number of rotatable bonds is 3. The molecule has 0 aromatic heterocycles. The molecule has 2 unspecified atom stereocenters. The normalized spacial score (nSPS) is 30.5. The highest BCUT2D eigenvalue weighted by molar-refractivity contribution is 5.81. The van der Waals surface area contributed by atoms with E-state index in [0.29, 0.717) is 25.2 Å². The molecule has 1 amide bonds. The summed E-state index contributed by atoms with van der Waals surface area (Å²) in [6.45, 7) is 2.75. The van der Waals surface area contributed by atoms with Gasteiger partial charge >= 0.3 is 0 Å². The molecule has 0 spiro atoms. The summed E-state index contributed by atoms with van der Waals surface area (Å²) >= 11 is 0. The van der Waals surface area contributed by atoms with Gasteiger partial charge < -0.3 is 10.1 Å². The molecule has 1 N–H and O–H groups in total. The van der Waals surface area contributed by atoms with Gasteiger partial charge in [-0.1, -0.05) is 6.92 Å². The van der Waals surface area contributed by atoms with Gasteiger partial charge in [0.25, 0.3) is 0 Å². The highest BCUT2D eigenvalue weighted by Gasteiger charge is 2.34. The molecule has 2 rings (SSSR count). The standard InChI is InChI=1S/C13H21NO3/c1-2-12-11(7-8-17-12)13(16)14-9-3-5-10(15)6-4-9/h9,11-12H,2-8H2,1H3,(H,14,16). The number of ketones is 1. The Balaban J connectivity index is 1.82. The maximum Gasteiger partial charge on any atom is 0.226 e.